The van der Waals surface area contributed by atoms with Crippen molar-refractivity contribution in [3.8, 4) is 22.9 Å². The Balaban J connectivity index is 1.59. The third kappa shape index (κ3) is 4.92. The summed E-state index contributed by atoms with van der Waals surface area (Å²) in [6, 6.07) is 11.7. The number of hydrogen-bond donors (Lipinski definition) is 1. The van der Waals surface area contributed by atoms with Crippen molar-refractivity contribution in [1.82, 2.24) is 14.9 Å². The van der Waals surface area contributed by atoms with E-state index in [1.54, 1.807) is 33.9 Å². The molecule has 0 fully saturated rings. The summed E-state index contributed by atoms with van der Waals surface area (Å²) in [6.07, 6.45) is 6.31. The molecule has 0 bridgehead atoms. The van der Waals surface area contributed by atoms with Crippen LogP contribution in [0.25, 0.3) is 5.69 Å². The van der Waals surface area contributed by atoms with Crippen molar-refractivity contribution in [1.29, 1.82) is 0 Å². The van der Waals surface area contributed by atoms with Crippen molar-refractivity contribution in [2.45, 2.75) is 25.8 Å². The number of carbonyl (C=O) groups is 1. The fourth-order valence-electron chi connectivity index (χ4n) is 3.28. The van der Waals surface area contributed by atoms with Gasteiger partial charge in [-0.1, -0.05) is 12.1 Å². The minimum atomic E-state index is -0.0886. The second kappa shape index (κ2) is 9.82. The van der Waals surface area contributed by atoms with E-state index in [2.05, 4.69) is 10.3 Å². The highest BCUT2D eigenvalue weighted by Gasteiger charge is 2.15. The van der Waals surface area contributed by atoms with Gasteiger partial charge in [-0.05, 0) is 48.7 Å². The van der Waals surface area contributed by atoms with Gasteiger partial charge in [0.1, 0.15) is 0 Å². The molecule has 0 saturated heterocycles. The molecule has 3 rings (SSSR count). The summed E-state index contributed by atoms with van der Waals surface area (Å²) in [5, 5.41) is 3.06. The molecule has 0 saturated carbocycles. The molecule has 1 amide bonds. The lowest BCUT2D eigenvalue weighted by Crippen LogP contribution is -2.26. The molecule has 0 aliphatic heterocycles. The maximum absolute atomic E-state index is 12.5. The lowest BCUT2D eigenvalue weighted by Gasteiger charge is -2.16. The van der Waals surface area contributed by atoms with Crippen LogP contribution in [0.5, 0.6) is 17.2 Å². The molecule has 3 aromatic rings. The van der Waals surface area contributed by atoms with Gasteiger partial charge in [-0.25, -0.2) is 4.98 Å². The zero-order chi connectivity index (χ0) is 21.5. The molecule has 1 unspecified atom stereocenters. The number of hydrogen-bond acceptors (Lipinski definition) is 5. The summed E-state index contributed by atoms with van der Waals surface area (Å²) in [6.45, 7) is 1.98. The van der Waals surface area contributed by atoms with E-state index in [-0.39, 0.29) is 11.9 Å². The number of amides is 1. The molecule has 1 aromatic heterocycles. The van der Waals surface area contributed by atoms with Crippen LogP contribution in [-0.4, -0.2) is 36.8 Å². The van der Waals surface area contributed by atoms with E-state index in [0.717, 1.165) is 16.8 Å². The third-order valence-electron chi connectivity index (χ3n) is 4.94. The largest absolute Gasteiger partial charge is 0.493 e. The van der Waals surface area contributed by atoms with Gasteiger partial charge in [0.25, 0.3) is 0 Å². The number of benzene rings is 2. The smallest absolute Gasteiger partial charge is 0.220 e. The molecule has 0 spiro atoms. The first-order valence-electron chi connectivity index (χ1n) is 9.72. The Morgan fingerprint density at radius 3 is 2.27 bits per heavy atom. The highest BCUT2D eigenvalue weighted by Crippen LogP contribution is 2.38. The van der Waals surface area contributed by atoms with Gasteiger partial charge in [0, 0.05) is 24.5 Å². The number of aromatic nitrogens is 2. The fourth-order valence-corrected chi connectivity index (χ4v) is 3.28. The monoisotopic (exact) mass is 409 g/mol. The Kier molecular flexibility index (Phi) is 6.95. The number of aryl methyl sites for hydroxylation is 1. The van der Waals surface area contributed by atoms with Gasteiger partial charge in [-0.15, -0.1) is 0 Å². The average molecular weight is 409 g/mol. The highest BCUT2D eigenvalue weighted by atomic mass is 16.5. The minimum absolute atomic E-state index is 0.0186. The van der Waals surface area contributed by atoms with Crippen molar-refractivity contribution < 1.29 is 19.0 Å². The number of carbonyl (C=O) groups excluding carboxylic acids is 1. The number of nitrogens with zero attached hydrogens (tertiary/aromatic N) is 2. The Hall–Kier alpha value is -3.48. The topological polar surface area (TPSA) is 74.6 Å². The third-order valence-corrected chi connectivity index (χ3v) is 4.94. The van der Waals surface area contributed by atoms with Gasteiger partial charge in [0.2, 0.25) is 11.7 Å². The Morgan fingerprint density at radius 2 is 1.73 bits per heavy atom. The molecule has 1 atom stereocenters. The molecule has 0 aliphatic carbocycles. The number of nitrogens with one attached hydrogen (secondary N) is 1. The summed E-state index contributed by atoms with van der Waals surface area (Å²) < 4.78 is 18.0. The van der Waals surface area contributed by atoms with Crippen LogP contribution < -0.4 is 19.5 Å². The Labute approximate surface area is 176 Å². The van der Waals surface area contributed by atoms with E-state index < -0.39 is 0 Å². The molecular formula is C23H27N3O4. The fraction of sp³-hybridized carbons (Fsp3) is 0.304. The van der Waals surface area contributed by atoms with Gasteiger partial charge in [-0.3, -0.25) is 4.79 Å². The van der Waals surface area contributed by atoms with E-state index in [9.17, 15) is 4.79 Å². The molecule has 1 N–H and O–H groups in total. The summed E-state index contributed by atoms with van der Waals surface area (Å²) in [4.78, 5) is 16.5. The molecule has 0 aliphatic rings. The number of ether oxygens (including phenoxy) is 3. The van der Waals surface area contributed by atoms with Crippen molar-refractivity contribution in [3.63, 3.8) is 0 Å². The van der Waals surface area contributed by atoms with Gasteiger partial charge >= 0.3 is 0 Å². The standard InChI is InChI=1S/C23H27N3O4/c1-16(18-6-8-19(9-7-18)26-12-11-24-15-26)25-22(27)10-5-17-13-20(28-2)23(30-4)21(14-17)29-3/h6-9,11-16H,5,10H2,1-4H3,(H,25,27). The first kappa shape index (κ1) is 21.2. The zero-order valence-electron chi connectivity index (χ0n) is 17.7. The summed E-state index contributed by atoms with van der Waals surface area (Å²) >= 11 is 0. The van der Waals surface area contributed by atoms with E-state index >= 15 is 0 Å². The average Bonchev–Trinajstić information content (AvgIpc) is 3.31. The quantitative estimate of drug-likeness (QED) is 0.583. The molecule has 1 heterocycles. The second-order valence-electron chi connectivity index (χ2n) is 6.88. The number of imidazole rings is 1. The van der Waals surface area contributed by atoms with Crippen molar-refractivity contribution in [3.05, 3.63) is 66.2 Å². The predicted molar refractivity (Wildman–Crippen MR) is 115 cm³/mol. The zero-order valence-corrected chi connectivity index (χ0v) is 17.7. The predicted octanol–water partition coefficient (Wildman–Crippen LogP) is 3.71. The minimum Gasteiger partial charge on any atom is -0.493 e. The SMILES string of the molecule is COc1cc(CCC(=O)NC(C)c2ccc(-n3ccnc3)cc2)cc(OC)c1OC. The summed E-state index contributed by atoms with van der Waals surface area (Å²) in [5.41, 5.74) is 3.01. The van der Waals surface area contributed by atoms with Gasteiger partial charge in [0.15, 0.2) is 11.5 Å². The molecule has 7 heteroatoms. The van der Waals surface area contributed by atoms with E-state index in [1.807, 2.05) is 54.1 Å². The van der Waals surface area contributed by atoms with Crippen molar-refractivity contribution in [2.24, 2.45) is 0 Å². The molecule has 7 nitrogen and oxygen atoms in total. The molecule has 158 valence electrons. The van der Waals surface area contributed by atoms with E-state index in [1.165, 1.54) is 0 Å². The van der Waals surface area contributed by atoms with Crippen LogP contribution in [0.15, 0.2) is 55.1 Å². The van der Waals surface area contributed by atoms with Gasteiger partial charge in [0.05, 0.1) is 33.7 Å². The van der Waals surface area contributed by atoms with Crippen molar-refractivity contribution in [2.75, 3.05) is 21.3 Å². The number of rotatable bonds is 9. The lowest BCUT2D eigenvalue weighted by molar-refractivity contribution is -0.121. The first-order valence-corrected chi connectivity index (χ1v) is 9.72. The normalized spacial score (nSPS) is 11.6. The molecule has 30 heavy (non-hydrogen) atoms. The first-order chi connectivity index (χ1) is 14.5. The van der Waals surface area contributed by atoms with Crippen LogP contribution in [0.2, 0.25) is 0 Å². The van der Waals surface area contributed by atoms with Gasteiger partial charge in [-0.2, -0.15) is 0 Å². The van der Waals surface area contributed by atoms with E-state index in [4.69, 9.17) is 14.2 Å². The highest BCUT2D eigenvalue weighted by molar-refractivity contribution is 5.76. The Bertz CT molecular complexity index is 944. The van der Waals surface area contributed by atoms with E-state index in [0.29, 0.717) is 30.1 Å². The maximum atomic E-state index is 12.5. The summed E-state index contributed by atoms with van der Waals surface area (Å²) in [7, 11) is 4.72. The van der Waals surface area contributed by atoms with Crippen molar-refractivity contribution >= 4 is 5.91 Å². The van der Waals surface area contributed by atoms with Crippen LogP contribution in [0.1, 0.15) is 30.5 Å². The second-order valence-corrected chi connectivity index (χ2v) is 6.88. The maximum Gasteiger partial charge on any atom is 0.220 e. The van der Waals surface area contributed by atoms with Crippen LogP contribution in [0.3, 0.4) is 0 Å². The van der Waals surface area contributed by atoms with Crippen LogP contribution in [0, 0.1) is 0 Å². The Morgan fingerprint density at radius 1 is 1.07 bits per heavy atom. The van der Waals surface area contributed by atoms with Crippen LogP contribution in [0.4, 0.5) is 0 Å². The van der Waals surface area contributed by atoms with Gasteiger partial charge < -0.3 is 24.1 Å². The van der Waals surface area contributed by atoms with Crippen LogP contribution in [-0.2, 0) is 11.2 Å². The molecule has 2 aromatic carbocycles. The number of methoxy groups -OCH3 is 3. The molecular weight excluding hydrogens is 382 g/mol. The lowest BCUT2D eigenvalue weighted by atomic mass is 10.1. The van der Waals surface area contributed by atoms with Crippen LogP contribution >= 0.6 is 0 Å². The summed E-state index contributed by atoms with van der Waals surface area (Å²) in [5.74, 6) is 1.69. The molecule has 0 radical (unpaired) electrons.